The second-order valence-corrected chi connectivity index (χ2v) is 22.3. The number of allylic oxidation sites excluding steroid dienone is 12. The number of hydrogen-bond donors (Lipinski definition) is 0. The average molecular weight is 1080 g/mol. The van der Waals surface area contributed by atoms with Crippen molar-refractivity contribution >= 4 is 17.9 Å². The van der Waals surface area contributed by atoms with Crippen LogP contribution < -0.4 is 0 Å². The molecule has 0 aromatic carbocycles. The van der Waals surface area contributed by atoms with Gasteiger partial charge in [-0.05, 0) is 109 Å². The van der Waals surface area contributed by atoms with Crippen molar-refractivity contribution in [3.05, 3.63) is 72.9 Å². The molecule has 0 saturated heterocycles. The maximum atomic E-state index is 12.9. The molecule has 0 fully saturated rings. The highest BCUT2D eigenvalue weighted by Gasteiger charge is 2.19. The maximum absolute atomic E-state index is 12.9. The molecule has 1 atom stereocenters. The molecule has 77 heavy (non-hydrogen) atoms. The zero-order valence-corrected chi connectivity index (χ0v) is 51.2. The Balaban J connectivity index is 4.26. The molecular formula is C71H126O6. The van der Waals surface area contributed by atoms with Crippen molar-refractivity contribution in [1.29, 1.82) is 0 Å². The van der Waals surface area contributed by atoms with Gasteiger partial charge in [0.2, 0.25) is 0 Å². The van der Waals surface area contributed by atoms with Gasteiger partial charge in [-0.1, -0.05) is 286 Å². The summed E-state index contributed by atoms with van der Waals surface area (Å²) in [5, 5.41) is 0. The van der Waals surface area contributed by atoms with E-state index in [1.807, 2.05) is 0 Å². The molecule has 0 spiro atoms. The van der Waals surface area contributed by atoms with Crippen molar-refractivity contribution in [3.63, 3.8) is 0 Å². The summed E-state index contributed by atoms with van der Waals surface area (Å²) in [4.78, 5) is 38.3. The van der Waals surface area contributed by atoms with Crippen LogP contribution in [0.1, 0.15) is 342 Å². The van der Waals surface area contributed by atoms with Crippen LogP contribution in [-0.2, 0) is 28.6 Å². The number of hydrogen-bond acceptors (Lipinski definition) is 6. The van der Waals surface area contributed by atoms with Crippen LogP contribution in [0.15, 0.2) is 72.9 Å². The molecule has 0 aromatic heterocycles. The molecule has 6 nitrogen and oxygen atoms in total. The van der Waals surface area contributed by atoms with E-state index in [1.165, 1.54) is 212 Å². The lowest BCUT2D eigenvalue weighted by Gasteiger charge is -2.18. The number of carbonyl (C=O) groups excluding carboxylic acids is 3. The molecule has 0 amide bonds. The zero-order valence-electron chi connectivity index (χ0n) is 51.2. The third-order valence-electron chi connectivity index (χ3n) is 14.7. The van der Waals surface area contributed by atoms with E-state index in [0.29, 0.717) is 19.3 Å². The van der Waals surface area contributed by atoms with Crippen LogP contribution in [0.3, 0.4) is 0 Å². The van der Waals surface area contributed by atoms with Gasteiger partial charge in [0.15, 0.2) is 6.10 Å². The Bertz CT molecular complexity index is 1420. The first-order valence-corrected chi connectivity index (χ1v) is 33.4. The number of rotatable bonds is 61. The van der Waals surface area contributed by atoms with E-state index < -0.39 is 6.10 Å². The molecule has 0 rings (SSSR count). The first-order valence-electron chi connectivity index (χ1n) is 33.4. The Hall–Kier alpha value is -3.15. The fourth-order valence-corrected chi connectivity index (χ4v) is 9.66. The fourth-order valence-electron chi connectivity index (χ4n) is 9.66. The lowest BCUT2D eigenvalue weighted by Crippen LogP contribution is -2.30. The summed E-state index contributed by atoms with van der Waals surface area (Å²) in [5.74, 6) is -0.870. The van der Waals surface area contributed by atoms with Crippen molar-refractivity contribution in [2.45, 2.75) is 348 Å². The molecule has 6 heteroatoms. The standard InChI is InChI=1S/C71H126O6/c1-4-7-10-13-16-19-22-25-27-29-31-32-33-34-35-36-37-38-40-41-43-46-49-52-55-58-61-64-70(73)76-67-68(66-75-69(72)63-60-57-54-51-48-45-24-21-18-15-12-9-6-3)77-71(74)65-62-59-56-53-50-47-44-42-39-30-28-26-23-20-17-14-11-8-5-2/h7,10,16,19,21,24-28,31-32,68H,4-6,8-9,11-15,17-18,20,22-23,29-30,33-67H2,1-3H3/b10-7-,19-16-,24-21-,27-25-,28-26-,32-31-. The van der Waals surface area contributed by atoms with E-state index in [-0.39, 0.29) is 31.1 Å². The highest BCUT2D eigenvalue weighted by atomic mass is 16.6. The molecule has 0 saturated carbocycles. The minimum absolute atomic E-state index is 0.0762. The predicted molar refractivity (Wildman–Crippen MR) is 335 cm³/mol. The second kappa shape index (κ2) is 65.4. The van der Waals surface area contributed by atoms with Gasteiger partial charge in [-0.25, -0.2) is 0 Å². The Labute approximate surface area is 478 Å². The Morgan fingerprint density at radius 1 is 0.273 bits per heavy atom. The summed E-state index contributed by atoms with van der Waals surface area (Å²) < 4.78 is 16.9. The molecule has 0 aliphatic heterocycles. The van der Waals surface area contributed by atoms with Gasteiger partial charge in [0.1, 0.15) is 13.2 Å². The smallest absolute Gasteiger partial charge is 0.306 e. The normalized spacial score (nSPS) is 12.5. The molecule has 446 valence electrons. The summed E-state index contributed by atoms with van der Waals surface area (Å²) in [6, 6.07) is 0. The summed E-state index contributed by atoms with van der Waals surface area (Å²) in [7, 11) is 0. The Kier molecular flexibility index (Phi) is 62.7. The van der Waals surface area contributed by atoms with E-state index in [0.717, 1.165) is 89.9 Å². The molecule has 0 heterocycles. The Morgan fingerprint density at radius 3 is 0.818 bits per heavy atom. The van der Waals surface area contributed by atoms with Crippen LogP contribution in [0.4, 0.5) is 0 Å². The van der Waals surface area contributed by atoms with Gasteiger partial charge in [0, 0.05) is 19.3 Å². The second-order valence-electron chi connectivity index (χ2n) is 22.3. The van der Waals surface area contributed by atoms with Crippen molar-refractivity contribution < 1.29 is 28.6 Å². The molecule has 0 N–H and O–H groups in total. The highest BCUT2D eigenvalue weighted by Crippen LogP contribution is 2.17. The summed E-state index contributed by atoms with van der Waals surface area (Å²) in [6.07, 6.45) is 84.9. The third kappa shape index (κ3) is 63.6. The molecule has 0 aromatic rings. The third-order valence-corrected chi connectivity index (χ3v) is 14.7. The van der Waals surface area contributed by atoms with E-state index in [1.54, 1.807) is 0 Å². The first-order chi connectivity index (χ1) is 38.0. The van der Waals surface area contributed by atoms with Gasteiger partial charge >= 0.3 is 17.9 Å². The molecule has 0 bridgehead atoms. The molecular weight excluding hydrogens is 949 g/mol. The average Bonchev–Trinajstić information content (AvgIpc) is 3.43. The van der Waals surface area contributed by atoms with E-state index >= 15 is 0 Å². The van der Waals surface area contributed by atoms with Gasteiger partial charge < -0.3 is 14.2 Å². The minimum Gasteiger partial charge on any atom is -0.462 e. The fraction of sp³-hybridized carbons (Fsp3) is 0.789. The van der Waals surface area contributed by atoms with Crippen LogP contribution >= 0.6 is 0 Å². The molecule has 0 aliphatic carbocycles. The van der Waals surface area contributed by atoms with Crippen LogP contribution in [0.2, 0.25) is 0 Å². The lowest BCUT2D eigenvalue weighted by atomic mass is 10.0. The largest absolute Gasteiger partial charge is 0.462 e. The van der Waals surface area contributed by atoms with Gasteiger partial charge in [0.25, 0.3) is 0 Å². The van der Waals surface area contributed by atoms with Gasteiger partial charge in [-0.3, -0.25) is 14.4 Å². The molecule has 0 radical (unpaired) electrons. The first kappa shape index (κ1) is 73.8. The highest BCUT2D eigenvalue weighted by molar-refractivity contribution is 5.71. The lowest BCUT2D eigenvalue weighted by molar-refractivity contribution is -0.167. The maximum Gasteiger partial charge on any atom is 0.306 e. The number of carbonyl (C=O) groups is 3. The predicted octanol–water partition coefficient (Wildman–Crippen LogP) is 22.9. The summed E-state index contributed by atoms with van der Waals surface area (Å²) in [5.41, 5.74) is 0. The topological polar surface area (TPSA) is 78.9 Å². The van der Waals surface area contributed by atoms with Crippen molar-refractivity contribution in [2.75, 3.05) is 13.2 Å². The van der Waals surface area contributed by atoms with Crippen LogP contribution in [0.5, 0.6) is 0 Å². The zero-order chi connectivity index (χ0) is 55.7. The number of ether oxygens (including phenoxy) is 3. The Morgan fingerprint density at radius 2 is 0.506 bits per heavy atom. The number of esters is 3. The SMILES string of the molecule is CC/C=C\C/C=C\C/C=C\C/C=C\CCCCCCCCCCCCCCCCC(=O)OCC(COC(=O)CCCCCCC/C=C\CCCCCC)OC(=O)CCCCCCCCCCC/C=C\CCCCCCCC. The van der Waals surface area contributed by atoms with Crippen LogP contribution in [-0.4, -0.2) is 37.2 Å². The van der Waals surface area contributed by atoms with Crippen molar-refractivity contribution in [1.82, 2.24) is 0 Å². The van der Waals surface area contributed by atoms with Crippen LogP contribution in [0, 0.1) is 0 Å². The van der Waals surface area contributed by atoms with Gasteiger partial charge in [0.05, 0.1) is 0 Å². The number of unbranched alkanes of at least 4 members (excludes halogenated alkanes) is 38. The molecule has 0 aliphatic rings. The van der Waals surface area contributed by atoms with Gasteiger partial charge in [-0.2, -0.15) is 0 Å². The van der Waals surface area contributed by atoms with Crippen molar-refractivity contribution in [3.8, 4) is 0 Å². The van der Waals surface area contributed by atoms with Crippen LogP contribution in [0.25, 0.3) is 0 Å². The van der Waals surface area contributed by atoms with E-state index in [9.17, 15) is 14.4 Å². The molecule has 1 unspecified atom stereocenters. The van der Waals surface area contributed by atoms with Crippen molar-refractivity contribution in [2.24, 2.45) is 0 Å². The summed E-state index contributed by atoms with van der Waals surface area (Å²) in [6.45, 7) is 6.54. The van der Waals surface area contributed by atoms with E-state index in [2.05, 4.69) is 93.7 Å². The quantitative estimate of drug-likeness (QED) is 0.0261. The van der Waals surface area contributed by atoms with E-state index in [4.69, 9.17) is 14.2 Å². The monoisotopic (exact) mass is 1070 g/mol. The van der Waals surface area contributed by atoms with Gasteiger partial charge in [-0.15, -0.1) is 0 Å². The minimum atomic E-state index is -0.780. The summed E-state index contributed by atoms with van der Waals surface area (Å²) >= 11 is 0.